The van der Waals surface area contributed by atoms with Gasteiger partial charge in [-0.25, -0.2) is 0 Å². The largest absolute Gasteiger partial charge is 0.322 e. The molecular weight excluding hydrogens is 340 g/mol. The average molecular weight is 351 g/mol. The van der Waals surface area contributed by atoms with Crippen LogP contribution in [-0.4, -0.2) is 10.8 Å². The Bertz CT molecular complexity index is 706. The number of nitro groups is 1. The van der Waals surface area contributed by atoms with Crippen LogP contribution in [0.25, 0.3) is 0 Å². The molecule has 0 aliphatic rings. The maximum Gasteiger partial charge on any atom is 0.293 e. The maximum atomic E-state index is 12.1. The minimum Gasteiger partial charge on any atom is -0.322 e. The van der Waals surface area contributed by atoms with Gasteiger partial charge in [-0.2, -0.15) is 0 Å². The number of hydrogen-bond donors (Lipinski definition) is 3. The normalized spacial score (nSPS) is 10.0. The Kier molecular flexibility index (Phi) is 4.51. The van der Waals surface area contributed by atoms with Crippen molar-refractivity contribution in [1.29, 1.82) is 0 Å². The first-order valence-corrected chi connectivity index (χ1v) is 6.62. The predicted molar refractivity (Wildman–Crippen MR) is 83.0 cm³/mol. The van der Waals surface area contributed by atoms with Crippen LogP contribution in [-0.2, 0) is 0 Å². The van der Waals surface area contributed by atoms with Crippen LogP contribution in [0.1, 0.15) is 10.4 Å². The highest BCUT2D eigenvalue weighted by Crippen LogP contribution is 2.25. The summed E-state index contributed by atoms with van der Waals surface area (Å²) >= 11 is 3.30. The number of nitrogen functional groups attached to an aromatic ring is 1. The molecule has 0 heterocycles. The van der Waals surface area contributed by atoms with Crippen molar-refractivity contribution in [3.63, 3.8) is 0 Å². The van der Waals surface area contributed by atoms with Gasteiger partial charge in [0, 0.05) is 21.8 Å². The third-order valence-electron chi connectivity index (χ3n) is 2.69. The third-order valence-corrected chi connectivity index (χ3v) is 3.19. The molecule has 7 nitrogen and oxygen atoms in total. The van der Waals surface area contributed by atoms with E-state index in [1.807, 2.05) is 6.07 Å². The molecule has 0 unspecified atom stereocenters. The second-order valence-electron chi connectivity index (χ2n) is 4.10. The number of hydrazine groups is 1. The molecule has 21 heavy (non-hydrogen) atoms. The smallest absolute Gasteiger partial charge is 0.293 e. The Morgan fingerprint density at radius 2 is 2.00 bits per heavy atom. The third kappa shape index (κ3) is 3.56. The van der Waals surface area contributed by atoms with Crippen LogP contribution >= 0.6 is 15.9 Å². The highest BCUT2D eigenvalue weighted by Gasteiger charge is 2.16. The molecule has 0 aromatic heterocycles. The lowest BCUT2D eigenvalue weighted by atomic mass is 10.1. The maximum absolute atomic E-state index is 12.1. The summed E-state index contributed by atoms with van der Waals surface area (Å²) in [5, 5.41) is 13.5. The Hall–Kier alpha value is -2.45. The van der Waals surface area contributed by atoms with Gasteiger partial charge < -0.3 is 10.7 Å². The number of nitrogens with two attached hydrogens (primary N) is 1. The number of nitrogens with one attached hydrogen (secondary N) is 2. The van der Waals surface area contributed by atoms with Crippen molar-refractivity contribution in [3.05, 3.63) is 62.6 Å². The number of amides is 1. The first kappa shape index (κ1) is 14.9. The van der Waals surface area contributed by atoms with Gasteiger partial charge in [0.2, 0.25) is 0 Å². The molecule has 8 heteroatoms. The number of hydrogen-bond acceptors (Lipinski definition) is 5. The van der Waals surface area contributed by atoms with E-state index in [1.165, 1.54) is 18.2 Å². The van der Waals surface area contributed by atoms with Crippen molar-refractivity contribution in [2.75, 3.05) is 10.7 Å². The number of carbonyl (C=O) groups excluding carboxylic acids is 1. The molecule has 0 aliphatic carbocycles. The van der Waals surface area contributed by atoms with E-state index >= 15 is 0 Å². The Balaban J connectivity index is 2.25. The Morgan fingerprint density at radius 1 is 1.24 bits per heavy atom. The second-order valence-corrected chi connectivity index (χ2v) is 5.01. The topological polar surface area (TPSA) is 110 Å². The van der Waals surface area contributed by atoms with Crippen LogP contribution in [0, 0.1) is 10.1 Å². The van der Waals surface area contributed by atoms with Gasteiger partial charge in [0.05, 0.1) is 4.92 Å². The molecule has 0 aliphatic heterocycles. The van der Waals surface area contributed by atoms with Crippen LogP contribution in [0.3, 0.4) is 0 Å². The zero-order valence-electron chi connectivity index (χ0n) is 10.7. The average Bonchev–Trinajstić information content (AvgIpc) is 2.46. The lowest BCUT2D eigenvalue weighted by Crippen LogP contribution is -2.14. The number of nitrogens with zero attached hydrogens (tertiary/aromatic N) is 1. The SMILES string of the molecule is NNc1cc(C(=O)Nc2cccc(Br)c2)ccc1[N+](=O)[O-]. The van der Waals surface area contributed by atoms with Crippen molar-refractivity contribution >= 4 is 38.9 Å². The fourth-order valence-corrected chi connectivity index (χ4v) is 2.12. The summed E-state index contributed by atoms with van der Waals surface area (Å²) in [6, 6.07) is 11.0. The zero-order valence-corrected chi connectivity index (χ0v) is 12.3. The number of halogens is 1. The number of nitro benzene ring substituents is 1. The summed E-state index contributed by atoms with van der Waals surface area (Å²) in [6.07, 6.45) is 0. The zero-order chi connectivity index (χ0) is 15.4. The highest BCUT2D eigenvalue weighted by atomic mass is 79.9. The summed E-state index contributed by atoms with van der Waals surface area (Å²) in [5.74, 6) is 4.85. The number of rotatable bonds is 4. The predicted octanol–water partition coefficient (Wildman–Crippen LogP) is 2.90. The molecule has 0 radical (unpaired) electrons. The molecule has 0 spiro atoms. The van der Waals surface area contributed by atoms with Gasteiger partial charge in [-0.3, -0.25) is 20.8 Å². The first-order valence-electron chi connectivity index (χ1n) is 5.83. The van der Waals surface area contributed by atoms with Gasteiger partial charge in [0.25, 0.3) is 11.6 Å². The summed E-state index contributed by atoms with van der Waals surface area (Å²) in [5.41, 5.74) is 2.95. The number of benzene rings is 2. The molecule has 2 aromatic rings. The van der Waals surface area contributed by atoms with E-state index in [0.717, 1.165) is 4.47 Å². The van der Waals surface area contributed by atoms with E-state index in [0.29, 0.717) is 5.69 Å². The summed E-state index contributed by atoms with van der Waals surface area (Å²) in [4.78, 5) is 22.3. The minimum atomic E-state index is -0.578. The van der Waals surface area contributed by atoms with Gasteiger partial charge >= 0.3 is 0 Å². The molecule has 2 aromatic carbocycles. The fourth-order valence-electron chi connectivity index (χ4n) is 1.72. The monoisotopic (exact) mass is 350 g/mol. The Morgan fingerprint density at radius 3 is 2.62 bits per heavy atom. The molecule has 0 fully saturated rings. The molecule has 0 saturated carbocycles. The van der Waals surface area contributed by atoms with Crippen LogP contribution in [0.5, 0.6) is 0 Å². The van der Waals surface area contributed by atoms with Crippen molar-refractivity contribution < 1.29 is 9.72 Å². The molecule has 0 saturated heterocycles. The molecular formula is C13H11BrN4O3. The van der Waals surface area contributed by atoms with E-state index < -0.39 is 4.92 Å². The van der Waals surface area contributed by atoms with Crippen LogP contribution in [0.15, 0.2) is 46.9 Å². The number of anilines is 2. The quantitative estimate of drug-likeness (QED) is 0.446. The van der Waals surface area contributed by atoms with Crippen LogP contribution < -0.4 is 16.6 Å². The highest BCUT2D eigenvalue weighted by molar-refractivity contribution is 9.10. The van der Waals surface area contributed by atoms with E-state index in [9.17, 15) is 14.9 Å². The van der Waals surface area contributed by atoms with Crippen molar-refractivity contribution in [2.24, 2.45) is 5.84 Å². The van der Waals surface area contributed by atoms with Crippen molar-refractivity contribution in [2.45, 2.75) is 0 Å². The summed E-state index contributed by atoms with van der Waals surface area (Å²) in [7, 11) is 0. The second kappa shape index (κ2) is 6.33. The molecule has 0 bridgehead atoms. The van der Waals surface area contributed by atoms with Crippen LogP contribution in [0.4, 0.5) is 17.1 Å². The van der Waals surface area contributed by atoms with Gasteiger partial charge in [0.15, 0.2) is 0 Å². The fraction of sp³-hybridized carbons (Fsp3) is 0. The Labute approximate surface area is 128 Å². The van der Waals surface area contributed by atoms with Gasteiger partial charge in [-0.05, 0) is 30.3 Å². The van der Waals surface area contributed by atoms with Gasteiger partial charge in [-0.1, -0.05) is 22.0 Å². The van der Waals surface area contributed by atoms with Gasteiger partial charge in [0.1, 0.15) is 5.69 Å². The molecule has 4 N–H and O–H groups in total. The summed E-state index contributed by atoms with van der Waals surface area (Å²) < 4.78 is 0.827. The van der Waals surface area contributed by atoms with E-state index in [4.69, 9.17) is 5.84 Å². The van der Waals surface area contributed by atoms with E-state index in [-0.39, 0.29) is 22.8 Å². The molecule has 0 atom stereocenters. The van der Waals surface area contributed by atoms with Crippen molar-refractivity contribution in [3.8, 4) is 0 Å². The number of carbonyl (C=O) groups is 1. The van der Waals surface area contributed by atoms with Crippen LogP contribution in [0.2, 0.25) is 0 Å². The first-order chi connectivity index (χ1) is 10.0. The van der Waals surface area contributed by atoms with Gasteiger partial charge in [-0.15, -0.1) is 0 Å². The standard InChI is InChI=1S/C13H11BrN4O3/c14-9-2-1-3-10(7-9)16-13(19)8-4-5-12(18(20)21)11(6-8)17-15/h1-7,17H,15H2,(H,16,19). The lowest BCUT2D eigenvalue weighted by molar-refractivity contribution is -0.384. The lowest BCUT2D eigenvalue weighted by Gasteiger charge is -2.07. The van der Waals surface area contributed by atoms with E-state index in [2.05, 4.69) is 26.7 Å². The molecule has 1 amide bonds. The van der Waals surface area contributed by atoms with Crippen molar-refractivity contribution in [1.82, 2.24) is 0 Å². The molecule has 2 rings (SSSR count). The molecule has 108 valence electrons. The summed E-state index contributed by atoms with van der Waals surface area (Å²) in [6.45, 7) is 0. The van der Waals surface area contributed by atoms with E-state index in [1.54, 1.807) is 18.2 Å². The minimum absolute atomic E-state index is 0.0712.